The topological polar surface area (TPSA) is 62.6 Å². The number of halogens is 1. The number of nitrogens with zero attached hydrogens (tertiary/aromatic N) is 1. The second-order valence-electron chi connectivity index (χ2n) is 6.08. The molecule has 2 amide bonds. The van der Waals surface area contributed by atoms with E-state index >= 15 is 0 Å². The number of carbonyl (C=O) groups is 1. The maximum atomic E-state index is 12.3. The molecule has 2 heterocycles. The summed E-state index contributed by atoms with van der Waals surface area (Å²) in [5.74, 6) is 0.299. The summed E-state index contributed by atoms with van der Waals surface area (Å²) >= 11 is 6.01. The fourth-order valence-electron chi connectivity index (χ4n) is 2.98. The van der Waals surface area contributed by atoms with Gasteiger partial charge in [-0.3, -0.25) is 4.79 Å². The summed E-state index contributed by atoms with van der Waals surface area (Å²) in [5, 5.41) is 3.98. The molecule has 0 saturated carbocycles. The van der Waals surface area contributed by atoms with Gasteiger partial charge in [-0.1, -0.05) is 23.7 Å². The Hall–Kier alpha value is -2.79. The lowest BCUT2D eigenvalue weighted by molar-refractivity contribution is 0.164. The van der Waals surface area contributed by atoms with Gasteiger partial charge < -0.3 is 14.6 Å². The van der Waals surface area contributed by atoms with Crippen molar-refractivity contribution >= 4 is 34.3 Å². The van der Waals surface area contributed by atoms with Gasteiger partial charge in [-0.15, -0.1) is 0 Å². The monoisotopic (exact) mass is 354 g/mol. The first-order chi connectivity index (χ1) is 12.1. The van der Waals surface area contributed by atoms with Gasteiger partial charge in [0.25, 0.3) is 0 Å². The average molecular weight is 355 g/mol. The molecule has 5 nitrogen and oxygen atoms in total. The summed E-state index contributed by atoms with van der Waals surface area (Å²) < 4.78 is 5.27. The van der Waals surface area contributed by atoms with Gasteiger partial charge in [0.2, 0.25) is 0 Å². The Kier molecular flexibility index (Phi) is 3.93. The lowest BCUT2D eigenvalue weighted by Gasteiger charge is -2.39. The summed E-state index contributed by atoms with van der Waals surface area (Å²) in [6.07, 6.45) is 1.36. The van der Waals surface area contributed by atoms with Gasteiger partial charge in [0.05, 0.1) is 11.6 Å². The van der Waals surface area contributed by atoms with E-state index in [0.717, 1.165) is 5.56 Å². The lowest BCUT2D eigenvalue weighted by atomic mass is 9.92. The molecular weight excluding hydrogens is 340 g/mol. The number of rotatable bonds is 2. The molecule has 0 spiro atoms. The molecule has 6 heteroatoms. The van der Waals surface area contributed by atoms with E-state index in [0.29, 0.717) is 40.7 Å². The molecule has 126 valence electrons. The van der Waals surface area contributed by atoms with Gasteiger partial charge >= 0.3 is 6.03 Å². The normalized spacial score (nSPS) is 14.4. The Morgan fingerprint density at radius 2 is 2.00 bits per heavy atom. The molecule has 1 fully saturated rings. The fourth-order valence-corrected chi connectivity index (χ4v) is 3.18. The minimum absolute atomic E-state index is 0.137. The standard InChI is InChI=1S/C19H15ClN2O3/c20-14-3-1-2-12(8-14)13-10-22(11-13)19(24)21-15-4-5-18-16(9-15)17(23)6-7-25-18/h1-9,13H,10-11H2,(H,21,24). The number of urea groups is 1. The van der Waals surface area contributed by atoms with Crippen LogP contribution >= 0.6 is 11.6 Å². The smallest absolute Gasteiger partial charge is 0.321 e. The van der Waals surface area contributed by atoms with E-state index in [4.69, 9.17) is 16.0 Å². The van der Waals surface area contributed by atoms with Crippen LogP contribution in [0.25, 0.3) is 11.0 Å². The van der Waals surface area contributed by atoms with E-state index in [9.17, 15) is 9.59 Å². The van der Waals surface area contributed by atoms with Gasteiger partial charge in [-0.25, -0.2) is 4.79 Å². The number of likely N-dealkylation sites (tertiary alicyclic amines) is 1. The highest BCUT2D eigenvalue weighted by Crippen LogP contribution is 2.29. The van der Waals surface area contributed by atoms with Crippen LogP contribution in [-0.2, 0) is 0 Å². The summed E-state index contributed by atoms with van der Waals surface area (Å²) in [6, 6.07) is 13.9. The summed E-state index contributed by atoms with van der Waals surface area (Å²) in [6.45, 7) is 1.28. The average Bonchev–Trinajstić information content (AvgIpc) is 2.54. The first kappa shape index (κ1) is 15.7. The van der Waals surface area contributed by atoms with Gasteiger partial charge in [-0.2, -0.15) is 0 Å². The molecule has 25 heavy (non-hydrogen) atoms. The lowest BCUT2D eigenvalue weighted by Crippen LogP contribution is -2.50. The zero-order valence-electron chi connectivity index (χ0n) is 13.2. The zero-order valence-corrected chi connectivity index (χ0v) is 14.0. The molecule has 2 aromatic carbocycles. The van der Waals surface area contributed by atoms with Crippen LogP contribution in [0.15, 0.2) is 64.0 Å². The number of carbonyl (C=O) groups excluding carboxylic acids is 1. The van der Waals surface area contributed by atoms with E-state index < -0.39 is 0 Å². The van der Waals surface area contributed by atoms with E-state index in [1.54, 1.807) is 23.1 Å². The molecule has 1 saturated heterocycles. The maximum absolute atomic E-state index is 12.3. The highest BCUT2D eigenvalue weighted by Gasteiger charge is 2.31. The van der Waals surface area contributed by atoms with Crippen LogP contribution < -0.4 is 10.7 Å². The summed E-state index contributed by atoms with van der Waals surface area (Å²) in [5.41, 5.74) is 2.07. The highest BCUT2D eigenvalue weighted by atomic mass is 35.5. The van der Waals surface area contributed by atoms with E-state index in [1.165, 1.54) is 12.3 Å². The predicted molar refractivity (Wildman–Crippen MR) is 97.3 cm³/mol. The van der Waals surface area contributed by atoms with Crippen molar-refractivity contribution in [1.82, 2.24) is 4.90 Å². The van der Waals surface area contributed by atoms with E-state index in [2.05, 4.69) is 5.32 Å². The van der Waals surface area contributed by atoms with Gasteiger partial charge in [0.1, 0.15) is 5.58 Å². The molecule has 1 aliphatic rings. The molecule has 0 atom stereocenters. The molecule has 4 rings (SSSR count). The van der Waals surface area contributed by atoms with Crippen molar-refractivity contribution in [3.8, 4) is 0 Å². The minimum atomic E-state index is -0.182. The second kappa shape index (κ2) is 6.26. The van der Waals surface area contributed by atoms with Crippen molar-refractivity contribution in [2.45, 2.75) is 5.92 Å². The Bertz CT molecular complexity index is 1010. The summed E-state index contributed by atoms with van der Waals surface area (Å²) in [4.78, 5) is 25.9. The van der Waals surface area contributed by atoms with Crippen LogP contribution in [-0.4, -0.2) is 24.0 Å². The van der Waals surface area contributed by atoms with Crippen molar-refractivity contribution < 1.29 is 9.21 Å². The van der Waals surface area contributed by atoms with E-state index in [1.807, 2.05) is 24.3 Å². The summed E-state index contributed by atoms with van der Waals surface area (Å²) in [7, 11) is 0. The van der Waals surface area contributed by atoms with Crippen LogP contribution in [0, 0.1) is 0 Å². The molecule has 3 aromatic rings. The number of hydrogen-bond acceptors (Lipinski definition) is 3. The van der Waals surface area contributed by atoms with Crippen LogP contribution in [0.1, 0.15) is 11.5 Å². The van der Waals surface area contributed by atoms with Gasteiger partial charge in [0, 0.05) is 35.8 Å². The van der Waals surface area contributed by atoms with Crippen molar-refractivity contribution in [1.29, 1.82) is 0 Å². The third-order valence-corrected chi connectivity index (χ3v) is 4.63. The Labute approximate surface area is 148 Å². The molecule has 1 aromatic heterocycles. The van der Waals surface area contributed by atoms with Crippen LogP contribution in [0.5, 0.6) is 0 Å². The zero-order chi connectivity index (χ0) is 17.4. The Balaban J connectivity index is 1.43. The van der Waals surface area contributed by atoms with E-state index in [-0.39, 0.29) is 11.5 Å². The van der Waals surface area contributed by atoms with Crippen molar-refractivity contribution in [2.75, 3.05) is 18.4 Å². The number of fused-ring (bicyclic) bond motifs is 1. The van der Waals surface area contributed by atoms with Crippen molar-refractivity contribution in [3.05, 3.63) is 75.6 Å². The first-order valence-electron chi connectivity index (χ1n) is 7.93. The highest BCUT2D eigenvalue weighted by molar-refractivity contribution is 6.30. The SMILES string of the molecule is O=C(Nc1ccc2occc(=O)c2c1)N1CC(c2cccc(Cl)c2)C1. The van der Waals surface area contributed by atoms with Crippen LogP contribution in [0.2, 0.25) is 5.02 Å². The molecule has 0 unspecified atom stereocenters. The van der Waals surface area contributed by atoms with Crippen molar-refractivity contribution in [2.24, 2.45) is 0 Å². The Morgan fingerprint density at radius 3 is 2.80 bits per heavy atom. The van der Waals surface area contributed by atoms with Gasteiger partial charge in [-0.05, 0) is 35.9 Å². The largest absolute Gasteiger partial charge is 0.464 e. The number of benzene rings is 2. The second-order valence-corrected chi connectivity index (χ2v) is 6.52. The molecule has 0 bridgehead atoms. The minimum Gasteiger partial charge on any atom is -0.464 e. The quantitative estimate of drug-likeness (QED) is 0.754. The first-order valence-corrected chi connectivity index (χ1v) is 8.31. The number of nitrogens with one attached hydrogen (secondary N) is 1. The molecule has 1 aliphatic heterocycles. The maximum Gasteiger partial charge on any atom is 0.321 e. The fraction of sp³-hybridized carbons (Fsp3) is 0.158. The predicted octanol–water partition coefficient (Wildman–Crippen LogP) is 4.08. The van der Waals surface area contributed by atoms with Gasteiger partial charge in [0.15, 0.2) is 5.43 Å². The third kappa shape index (κ3) is 3.10. The number of hydrogen-bond donors (Lipinski definition) is 1. The van der Waals surface area contributed by atoms with Crippen LogP contribution in [0.4, 0.5) is 10.5 Å². The third-order valence-electron chi connectivity index (χ3n) is 4.40. The number of anilines is 1. The number of amides is 2. The van der Waals surface area contributed by atoms with Crippen molar-refractivity contribution in [3.63, 3.8) is 0 Å². The molecular formula is C19H15ClN2O3. The Morgan fingerprint density at radius 1 is 1.16 bits per heavy atom. The molecule has 1 N–H and O–H groups in total. The molecule has 0 radical (unpaired) electrons. The van der Waals surface area contributed by atoms with Crippen LogP contribution in [0.3, 0.4) is 0 Å². The molecule has 0 aliphatic carbocycles.